The summed E-state index contributed by atoms with van der Waals surface area (Å²) < 4.78 is 0.815. The van der Waals surface area contributed by atoms with Crippen molar-refractivity contribution in [2.24, 2.45) is 0 Å². The van der Waals surface area contributed by atoms with Crippen LogP contribution in [-0.4, -0.2) is 48.2 Å². The largest absolute Gasteiger partial charge is 0.478 e. The molecule has 0 saturated carbocycles. The van der Waals surface area contributed by atoms with Crippen molar-refractivity contribution in [3.63, 3.8) is 0 Å². The molecule has 2 rings (SSSR count). The fourth-order valence-corrected chi connectivity index (χ4v) is 2.86. The van der Waals surface area contributed by atoms with E-state index in [1.807, 2.05) is 22.6 Å². The fraction of sp³-hybridized carbons (Fsp3) is 0.429. The van der Waals surface area contributed by atoms with E-state index < -0.39 is 5.97 Å². The molecule has 0 atom stereocenters. The van der Waals surface area contributed by atoms with Crippen LogP contribution < -0.4 is 10.6 Å². The van der Waals surface area contributed by atoms with Gasteiger partial charge in [-0.3, -0.25) is 0 Å². The number of aromatic carboxylic acids is 1. The second-order valence-corrected chi connectivity index (χ2v) is 6.26. The molecule has 0 aromatic heterocycles. The van der Waals surface area contributed by atoms with Gasteiger partial charge < -0.3 is 20.6 Å². The SMILES string of the molecule is CN(C(=O)Nc1ccc(I)cc1C(=O)O)C1CCNCC1. The van der Waals surface area contributed by atoms with Gasteiger partial charge in [0.2, 0.25) is 0 Å². The van der Waals surface area contributed by atoms with Gasteiger partial charge in [-0.2, -0.15) is 0 Å². The molecule has 2 amide bonds. The fourth-order valence-electron chi connectivity index (χ4n) is 2.37. The van der Waals surface area contributed by atoms with Crippen LogP contribution in [0.15, 0.2) is 18.2 Å². The standard InChI is InChI=1S/C14H18IN3O3/c1-18(10-4-6-16-7-5-10)14(21)17-12-3-2-9(15)8-11(12)13(19)20/h2-3,8,10,16H,4-7H2,1H3,(H,17,21)(H,19,20). The van der Waals surface area contributed by atoms with Gasteiger partial charge in [-0.15, -0.1) is 0 Å². The third-order valence-corrected chi connectivity index (χ3v) is 4.30. The first kappa shape index (κ1) is 16.0. The highest BCUT2D eigenvalue weighted by Crippen LogP contribution is 2.20. The molecule has 1 saturated heterocycles. The number of benzene rings is 1. The van der Waals surface area contributed by atoms with Crippen molar-refractivity contribution < 1.29 is 14.7 Å². The lowest BCUT2D eigenvalue weighted by atomic mass is 10.1. The molecule has 0 radical (unpaired) electrons. The average molecular weight is 403 g/mol. The summed E-state index contributed by atoms with van der Waals surface area (Å²) in [6.07, 6.45) is 1.81. The number of carboxylic acid groups (broad SMARTS) is 1. The number of anilines is 1. The maximum absolute atomic E-state index is 12.3. The van der Waals surface area contributed by atoms with Crippen LogP contribution >= 0.6 is 22.6 Å². The first-order valence-corrected chi connectivity index (χ1v) is 7.84. The molecule has 1 heterocycles. The molecule has 1 aliphatic rings. The van der Waals surface area contributed by atoms with E-state index in [4.69, 9.17) is 0 Å². The number of nitrogens with zero attached hydrogens (tertiary/aromatic N) is 1. The van der Waals surface area contributed by atoms with Gasteiger partial charge in [0.05, 0.1) is 11.3 Å². The van der Waals surface area contributed by atoms with Gasteiger partial charge in [-0.05, 0) is 66.7 Å². The van der Waals surface area contributed by atoms with E-state index in [-0.39, 0.29) is 17.6 Å². The Morgan fingerprint density at radius 3 is 2.67 bits per heavy atom. The summed E-state index contributed by atoms with van der Waals surface area (Å²) in [5.41, 5.74) is 0.433. The lowest BCUT2D eigenvalue weighted by Crippen LogP contribution is -2.45. The zero-order valence-electron chi connectivity index (χ0n) is 11.7. The van der Waals surface area contributed by atoms with E-state index in [1.165, 1.54) is 0 Å². The molecule has 0 unspecified atom stereocenters. The lowest BCUT2D eigenvalue weighted by Gasteiger charge is -2.31. The predicted molar refractivity (Wildman–Crippen MR) is 88.8 cm³/mol. The molecule has 0 spiro atoms. The number of amides is 2. The Morgan fingerprint density at radius 2 is 2.05 bits per heavy atom. The molecule has 21 heavy (non-hydrogen) atoms. The number of carbonyl (C=O) groups excluding carboxylic acids is 1. The van der Waals surface area contributed by atoms with E-state index in [0.29, 0.717) is 5.69 Å². The van der Waals surface area contributed by atoms with E-state index in [9.17, 15) is 14.7 Å². The number of hydrogen-bond donors (Lipinski definition) is 3. The number of urea groups is 1. The van der Waals surface area contributed by atoms with Gasteiger partial charge in [-0.25, -0.2) is 9.59 Å². The Bertz CT molecular complexity index is 544. The van der Waals surface area contributed by atoms with Crippen molar-refractivity contribution in [2.45, 2.75) is 18.9 Å². The Morgan fingerprint density at radius 1 is 1.38 bits per heavy atom. The highest BCUT2D eigenvalue weighted by Gasteiger charge is 2.23. The minimum Gasteiger partial charge on any atom is -0.478 e. The second-order valence-electron chi connectivity index (χ2n) is 5.02. The first-order chi connectivity index (χ1) is 9.99. The van der Waals surface area contributed by atoms with E-state index in [0.717, 1.165) is 29.5 Å². The van der Waals surface area contributed by atoms with Crippen LogP contribution in [0.2, 0.25) is 0 Å². The lowest BCUT2D eigenvalue weighted by molar-refractivity contribution is 0.0698. The maximum Gasteiger partial charge on any atom is 0.337 e. The predicted octanol–water partition coefficient (Wildman–Crippen LogP) is 2.21. The summed E-state index contributed by atoms with van der Waals surface area (Å²) >= 11 is 2.04. The molecule has 1 aromatic carbocycles. The van der Waals surface area contributed by atoms with Gasteiger partial charge in [0, 0.05) is 16.7 Å². The summed E-state index contributed by atoms with van der Waals surface area (Å²) in [6, 6.07) is 4.85. The van der Waals surface area contributed by atoms with Crippen LogP contribution in [0.25, 0.3) is 0 Å². The molecule has 6 nitrogen and oxygen atoms in total. The van der Waals surface area contributed by atoms with Crippen molar-refractivity contribution >= 4 is 40.3 Å². The Hall–Kier alpha value is -1.35. The van der Waals surface area contributed by atoms with Gasteiger partial charge in [-0.1, -0.05) is 0 Å². The first-order valence-electron chi connectivity index (χ1n) is 6.76. The van der Waals surface area contributed by atoms with Gasteiger partial charge in [0.25, 0.3) is 0 Å². The Kier molecular flexibility index (Phi) is 5.40. The topological polar surface area (TPSA) is 81.7 Å². The van der Waals surface area contributed by atoms with Crippen molar-refractivity contribution in [1.29, 1.82) is 0 Å². The van der Waals surface area contributed by atoms with Crippen LogP contribution in [0.3, 0.4) is 0 Å². The highest BCUT2D eigenvalue weighted by atomic mass is 127. The van der Waals surface area contributed by atoms with Crippen molar-refractivity contribution in [3.8, 4) is 0 Å². The zero-order chi connectivity index (χ0) is 15.4. The number of halogens is 1. The average Bonchev–Trinajstić information content (AvgIpc) is 2.49. The quantitative estimate of drug-likeness (QED) is 0.677. The minimum absolute atomic E-state index is 0.106. The third-order valence-electron chi connectivity index (χ3n) is 3.63. The van der Waals surface area contributed by atoms with Crippen LogP contribution in [0.5, 0.6) is 0 Å². The molecular weight excluding hydrogens is 385 g/mol. The van der Waals surface area contributed by atoms with Crippen LogP contribution in [0, 0.1) is 3.57 Å². The summed E-state index contributed by atoms with van der Waals surface area (Å²) in [5.74, 6) is -1.05. The number of carbonyl (C=O) groups is 2. The number of carboxylic acids is 1. The van der Waals surface area contributed by atoms with Crippen molar-refractivity contribution in [3.05, 3.63) is 27.3 Å². The maximum atomic E-state index is 12.3. The van der Waals surface area contributed by atoms with Crippen LogP contribution in [0.4, 0.5) is 10.5 Å². The highest BCUT2D eigenvalue weighted by molar-refractivity contribution is 14.1. The molecule has 0 bridgehead atoms. The molecule has 3 N–H and O–H groups in total. The second kappa shape index (κ2) is 7.08. The normalized spacial score (nSPS) is 15.5. The molecule has 1 aromatic rings. The molecule has 7 heteroatoms. The van der Waals surface area contributed by atoms with Crippen LogP contribution in [-0.2, 0) is 0 Å². The van der Waals surface area contributed by atoms with E-state index in [2.05, 4.69) is 10.6 Å². The molecule has 1 aliphatic heterocycles. The third kappa shape index (κ3) is 4.07. The summed E-state index contributed by atoms with van der Waals surface area (Å²) in [5, 5.41) is 15.2. The smallest absolute Gasteiger partial charge is 0.337 e. The molecular formula is C14H18IN3O3. The zero-order valence-corrected chi connectivity index (χ0v) is 13.9. The van der Waals surface area contributed by atoms with E-state index >= 15 is 0 Å². The van der Waals surface area contributed by atoms with Gasteiger partial charge >= 0.3 is 12.0 Å². The number of hydrogen-bond acceptors (Lipinski definition) is 3. The number of nitrogens with one attached hydrogen (secondary N) is 2. The summed E-state index contributed by atoms with van der Waals surface area (Å²) in [6.45, 7) is 1.79. The van der Waals surface area contributed by atoms with Crippen LogP contribution in [0.1, 0.15) is 23.2 Å². The molecule has 114 valence electrons. The Balaban J connectivity index is 2.10. The summed E-state index contributed by atoms with van der Waals surface area (Å²) in [4.78, 5) is 25.2. The Labute approximate surface area is 137 Å². The van der Waals surface area contributed by atoms with Crippen molar-refractivity contribution in [1.82, 2.24) is 10.2 Å². The van der Waals surface area contributed by atoms with E-state index in [1.54, 1.807) is 30.1 Å². The van der Waals surface area contributed by atoms with Gasteiger partial charge in [0.15, 0.2) is 0 Å². The number of piperidine rings is 1. The van der Waals surface area contributed by atoms with Crippen molar-refractivity contribution in [2.75, 3.05) is 25.5 Å². The molecule has 1 fully saturated rings. The minimum atomic E-state index is -1.05. The number of rotatable bonds is 3. The summed E-state index contributed by atoms with van der Waals surface area (Å²) in [7, 11) is 1.75. The molecule has 0 aliphatic carbocycles. The monoisotopic (exact) mass is 403 g/mol. The van der Waals surface area contributed by atoms with Gasteiger partial charge in [0.1, 0.15) is 0 Å².